The lowest BCUT2D eigenvalue weighted by Gasteiger charge is -2.33. The van der Waals surface area contributed by atoms with E-state index in [0.717, 1.165) is 58.3 Å². The van der Waals surface area contributed by atoms with Crippen LogP contribution in [0.1, 0.15) is 61.3 Å². The third-order valence-corrected chi connectivity index (χ3v) is 5.80. The summed E-state index contributed by atoms with van der Waals surface area (Å²) in [4.78, 5) is 17.6. The monoisotopic (exact) mass is 344 g/mol. The summed E-state index contributed by atoms with van der Waals surface area (Å²) in [6.45, 7) is 12.9. The molecule has 138 valence electrons. The molecule has 3 rings (SSSR count). The van der Waals surface area contributed by atoms with Crippen LogP contribution in [0.3, 0.4) is 0 Å². The van der Waals surface area contributed by atoms with Crippen LogP contribution in [-0.4, -0.2) is 57.7 Å². The van der Waals surface area contributed by atoms with Crippen LogP contribution in [0.25, 0.3) is 0 Å². The molecule has 0 saturated carbocycles. The molecule has 0 radical (unpaired) electrons. The van der Waals surface area contributed by atoms with E-state index in [9.17, 15) is 4.79 Å². The van der Waals surface area contributed by atoms with E-state index in [-0.39, 0.29) is 5.91 Å². The SMILES string of the molecule is C=CCn1nc(C(=O)N2CCCCC2)c2c1CCC(N(CC)CC)C2. The number of carbonyl (C=O) groups is 1. The maximum absolute atomic E-state index is 13.1. The highest BCUT2D eigenvalue weighted by molar-refractivity contribution is 5.94. The summed E-state index contributed by atoms with van der Waals surface area (Å²) in [6, 6.07) is 0.525. The number of aromatic nitrogens is 2. The summed E-state index contributed by atoms with van der Waals surface area (Å²) < 4.78 is 2.01. The Balaban J connectivity index is 1.90. The van der Waals surface area contributed by atoms with Gasteiger partial charge >= 0.3 is 0 Å². The minimum atomic E-state index is 0.138. The normalized spacial score (nSPS) is 20.6. The first kappa shape index (κ1) is 18.2. The summed E-state index contributed by atoms with van der Waals surface area (Å²) in [6.07, 6.45) is 8.44. The lowest BCUT2D eigenvalue weighted by Crippen LogP contribution is -2.40. The molecule has 0 bridgehead atoms. The number of nitrogens with zero attached hydrogens (tertiary/aromatic N) is 4. The van der Waals surface area contributed by atoms with Crippen molar-refractivity contribution in [2.75, 3.05) is 26.2 Å². The number of hydrogen-bond acceptors (Lipinski definition) is 3. The van der Waals surface area contributed by atoms with E-state index < -0.39 is 0 Å². The smallest absolute Gasteiger partial charge is 0.274 e. The van der Waals surface area contributed by atoms with Gasteiger partial charge in [0.05, 0.1) is 6.54 Å². The Morgan fingerprint density at radius 2 is 2.00 bits per heavy atom. The molecule has 0 aromatic carbocycles. The van der Waals surface area contributed by atoms with E-state index in [1.54, 1.807) is 0 Å². The van der Waals surface area contributed by atoms with Crippen molar-refractivity contribution >= 4 is 5.91 Å². The van der Waals surface area contributed by atoms with Crippen molar-refractivity contribution in [1.29, 1.82) is 0 Å². The van der Waals surface area contributed by atoms with Crippen molar-refractivity contribution in [3.05, 3.63) is 29.6 Å². The van der Waals surface area contributed by atoms with Crippen molar-refractivity contribution in [2.45, 2.75) is 65.0 Å². The molecule has 1 saturated heterocycles. The van der Waals surface area contributed by atoms with E-state index in [2.05, 4.69) is 25.3 Å². The van der Waals surface area contributed by atoms with Gasteiger partial charge in [0.25, 0.3) is 5.91 Å². The lowest BCUT2D eigenvalue weighted by molar-refractivity contribution is 0.0715. The molecule has 1 amide bonds. The van der Waals surface area contributed by atoms with Gasteiger partial charge in [-0.3, -0.25) is 9.48 Å². The average Bonchev–Trinajstić information content (AvgIpc) is 3.01. The molecule has 1 aromatic rings. The fourth-order valence-electron chi connectivity index (χ4n) is 4.41. The highest BCUT2D eigenvalue weighted by Crippen LogP contribution is 2.29. The number of carbonyl (C=O) groups excluding carboxylic acids is 1. The van der Waals surface area contributed by atoms with Gasteiger partial charge in [0.2, 0.25) is 0 Å². The Kier molecular flexibility index (Phi) is 5.94. The Morgan fingerprint density at radius 1 is 1.28 bits per heavy atom. The Labute approximate surface area is 151 Å². The van der Waals surface area contributed by atoms with Crippen LogP contribution in [0.5, 0.6) is 0 Å². The van der Waals surface area contributed by atoms with Crippen LogP contribution in [0.4, 0.5) is 0 Å². The average molecular weight is 345 g/mol. The fourth-order valence-corrected chi connectivity index (χ4v) is 4.41. The number of rotatable bonds is 6. The number of likely N-dealkylation sites (N-methyl/N-ethyl adjacent to an activating group) is 1. The molecule has 2 heterocycles. The van der Waals surface area contributed by atoms with E-state index in [1.807, 2.05) is 15.7 Å². The molecule has 5 nitrogen and oxygen atoms in total. The summed E-state index contributed by atoms with van der Waals surface area (Å²) >= 11 is 0. The number of piperidine rings is 1. The van der Waals surface area contributed by atoms with Crippen molar-refractivity contribution in [1.82, 2.24) is 19.6 Å². The number of likely N-dealkylation sites (tertiary alicyclic amines) is 1. The number of amides is 1. The highest BCUT2D eigenvalue weighted by Gasteiger charge is 2.32. The molecule has 0 N–H and O–H groups in total. The van der Waals surface area contributed by atoms with Gasteiger partial charge < -0.3 is 9.80 Å². The summed E-state index contributed by atoms with van der Waals surface area (Å²) in [7, 11) is 0. The van der Waals surface area contributed by atoms with Crippen molar-refractivity contribution in [2.24, 2.45) is 0 Å². The van der Waals surface area contributed by atoms with Gasteiger partial charge in [-0.15, -0.1) is 6.58 Å². The van der Waals surface area contributed by atoms with Crippen LogP contribution in [0.2, 0.25) is 0 Å². The zero-order valence-corrected chi connectivity index (χ0v) is 15.8. The number of allylic oxidation sites excluding steroid dienone is 1. The standard InChI is InChI=1S/C20H32N4O/c1-4-12-24-18-11-10-16(22(5-2)6-3)15-17(18)19(21-24)20(25)23-13-8-7-9-14-23/h4,16H,1,5-15H2,2-3H3. The van der Waals surface area contributed by atoms with Crippen LogP contribution in [0, 0.1) is 0 Å². The first-order chi connectivity index (χ1) is 12.2. The van der Waals surface area contributed by atoms with Gasteiger partial charge in [-0.2, -0.15) is 5.10 Å². The minimum Gasteiger partial charge on any atom is -0.337 e. The molecule has 5 heteroatoms. The quantitative estimate of drug-likeness (QED) is 0.745. The third kappa shape index (κ3) is 3.66. The Bertz CT molecular complexity index is 611. The molecule has 1 aromatic heterocycles. The second-order valence-electron chi connectivity index (χ2n) is 7.22. The predicted molar refractivity (Wildman–Crippen MR) is 101 cm³/mol. The molecule has 1 atom stereocenters. The van der Waals surface area contributed by atoms with Gasteiger partial charge in [-0.1, -0.05) is 19.9 Å². The van der Waals surface area contributed by atoms with Gasteiger partial charge in [-0.05, 0) is 51.6 Å². The van der Waals surface area contributed by atoms with Gasteiger partial charge in [-0.25, -0.2) is 0 Å². The molecule has 0 spiro atoms. The first-order valence-corrected chi connectivity index (χ1v) is 9.92. The zero-order valence-electron chi connectivity index (χ0n) is 15.8. The number of fused-ring (bicyclic) bond motifs is 1. The largest absolute Gasteiger partial charge is 0.337 e. The maximum Gasteiger partial charge on any atom is 0.274 e. The Morgan fingerprint density at radius 3 is 2.64 bits per heavy atom. The first-order valence-electron chi connectivity index (χ1n) is 9.92. The van der Waals surface area contributed by atoms with Crippen molar-refractivity contribution < 1.29 is 4.79 Å². The molecular formula is C20H32N4O. The van der Waals surface area contributed by atoms with Crippen LogP contribution in [-0.2, 0) is 19.4 Å². The van der Waals surface area contributed by atoms with Crippen LogP contribution < -0.4 is 0 Å². The lowest BCUT2D eigenvalue weighted by atomic mass is 9.90. The predicted octanol–water partition coefficient (Wildman–Crippen LogP) is 2.89. The maximum atomic E-state index is 13.1. The van der Waals surface area contributed by atoms with E-state index in [4.69, 9.17) is 5.10 Å². The molecule has 1 aliphatic heterocycles. The summed E-state index contributed by atoms with van der Waals surface area (Å²) in [5, 5.41) is 4.74. The second-order valence-corrected chi connectivity index (χ2v) is 7.22. The molecule has 1 fully saturated rings. The van der Waals surface area contributed by atoms with E-state index in [1.165, 1.54) is 17.7 Å². The summed E-state index contributed by atoms with van der Waals surface area (Å²) in [5.74, 6) is 0.138. The van der Waals surface area contributed by atoms with E-state index >= 15 is 0 Å². The highest BCUT2D eigenvalue weighted by atomic mass is 16.2. The second kappa shape index (κ2) is 8.17. The molecule has 25 heavy (non-hydrogen) atoms. The zero-order chi connectivity index (χ0) is 17.8. The molecule has 2 aliphatic rings. The topological polar surface area (TPSA) is 41.4 Å². The molecular weight excluding hydrogens is 312 g/mol. The third-order valence-electron chi connectivity index (χ3n) is 5.80. The van der Waals surface area contributed by atoms with Gasteiger partial charge in [0.15, 0.2) is 5.69 Å². The Hall–Kier alpha value is -1.62. The van der Waals surface area contributed by atoms with Gasteiger partial charge in [0.1, 0.15) is 0 Å². The molecule has 1 unspecified atom stereocenters. The minimum absolute atomic E-state index is 0.138. The van der Waals surface area contributed by atoms with Crippen LogP contribution >= 0.6 is 0 Å². The van der Waals surface area contributed by atoms with Crippen LogP contribution in [0.15, 0.2) is 12.7 Å². The van der Waals surface area contributed by atoms with Gasteiger partial charge in [0, 0.05) is 30.4 Å². The fraction of sp³-hybridized carbons (Fsp3) is 0.700. The van der Waals surface area contributed by atoms with Crippen molar-refractivity contribution in [3.8, 4) is 0 Å². The molecule has 1 aliphatic carbocycles. The summed E-state index contributed by atoms with van der Waals surface area (Å²) in [5.41, 5.74) is 3.15. The van der Waals surface area contributed by atoms with E-state index in [0.29, 0.717) is 18.3 Å². The number of hydrogen-bond donors (Lipinski definition) is 0. The van der Waals surface area contributed by atoms with Crippen molar-refractivity contribution in [3.63, 3.8) is 0 Å².